The Balaban J connectivity index is 2.29. The molecule has 0 aliphatic rings. The third-order valence-corrected chi connectivity index (χ3v) is 3.72. The van der Waals surface area contributed by atoms with E-state index in [4.69, 9.17) is 0 Å². The second-order valence-electron chi connectivity index (χ2n) is 3.51. The van der Waals surface area contributed by atoms with Crippen molar-refractivity contribution in [3.63, 3.8) is 0 Å². The number of thiophene rings is 1. The van der Waals surface area contributed by atoms with Crippen molar-refractivity contribution in [2.45, 2.75) is 0 Å². The van der Waals surface area contributed by atoms with E-state index in [1.54, 1.807) is 23.7 Å². The van der Waals surface area contributed by atoms with Crippen LogP contribution in [0.25, 0.3) is 20.5 Å². The van der Waals surface area contributed by atoms with Gasteiger partial charge in [-0.2, -0.15) is 0 Å². The Hall–Kier alpha value is -1.87. The van der Waals surface area contributed by atoms with E-state index in [1.807, 2.05) is 36.4 Å². The van der Waals surface area contributed by atoms with Gasteiger partial charge in [-0.3, -0.25) is 4.98 Å². The molecule has 0 saturated carbocycles. The number of hydrogen-bond donors (Lipinski definition) is 1. The lowest BCUT2D eigenvalue weighted by atomic mass is 10.2. The monoisotopic (exact) mass is 227 g/mol. The number of hydrogen-bond acceptors (Lipinski definition) is 3. The molecular formula is C13H9NOS. The van der Waals surface area contributed by atoms with Gasteiger partial charge in [0.15, 0.2) is 0 Å². The summed E-state index contributed by atoms with van der Waals surface area (Å²) in [6.07, 6.45) is 3.47. The Kier molecular flexibility index (Phi) is 2.11. The van der Waals surface area contributed by atoms with Crippen LogP contribution in [-0.4, -0.2) is 10.1 Å². The van der Waals surface area contributed by atoms with Gasteiger partial charge in [-0.15, -0.1) is 11.3 Å². The van der Waals surface area contributed by atoms with Crippen molar-refractivity contribution in [3.05, 3.63) is 48.8 Å². The maximum Gasteiger partial charge on any atom is 0.142 e. The average molecular weight is 227 g/mol. The number of rotatable bonds is 1. The molecule has 2 heterocycles. The first kappa shape index (κ1) is 9.36. The Morgan fingerprint density at radius 1 is 1.00 bits per heavy atom. The van der Waals surface area contributed by atoms with Crippen LogP contribution in [0.4, 0.5) is 0 Å². The zero-order valence-electron chi connectivity index (χ0n) is 8.42. The summed E-state index contributed by atoms with van der Waals surface area (Å²) >= 11 is 1.60. The van der Waals surface area contributed by atoms with E-state index in [0.717, 1.165) is 20.5 Å². The number of fused-ring (bicyclic) bond motifs is 1. The fraction of sp³-hybridized carbons (Fsp3) is 0. The smallest absolute Gasteiger partial charge is 0.142 e. The minimum Gasteiger partial charge on any atom is -0.506 e. The molecule has 16 heavy (non-hydrogen) atoms. The van der Waals surface area contributed by atoms with Crippen molar-refractivity contribution in [2.75, 3.05) is 0 Å². The highest BCUT2D eigenvalue weighted by Crippen LogP contribution is 2.42. The molecule has 0 unspecified atom stereocenters. The molecule has 0 spiro atoms. The van der Waals surface area contributed by atoms with Gasteiger partial charge in [-0.1, -0.05) is 12.1 Å². The molecule has 0 radical (unpaired) electrons. The van der Waals surface area contributed by atoms with Crippen LogP contribution in [0.1, 0.15) is 0 Å². The van der Waals surface area contributed by atoms with Gasteiger partial charge in [0.25, 0.3) is 0 Å². The van der Waals surface area contributed by atoms with Crippen LogP contribution >= 0.6 is 11.3 Å². The minimum absolute atomic E-state index is 0.367. The minimum atomic E-state index is 0.367. The van der Waals surface area contributed by atoms with E-state index >= 15 is 0 Å². The van der Waals surface area contributed by atoms with Crippen molar-refractivity contribution >= 4 is 21.4 Å². The van der Waals surface area contributed by atoms with Gasteiger partial charge in [0.05, 0.1) is 4.88 Å². The molecular weight excluding hydrogens is 218 g/mol. The first-order valence-electron chi connectivity index (χ1n) is 4.97. The summed E-state index contributed by atoms with van der Waals surface area (Å²) in [6.45, 7) is 0. The van der Waals surface area contributed by atoms with Gasteiger partial charge in [0.2, 0.25) is 0 Å². The molecule has 0 aliphatic heterocycles. The molecule has 1 aromatic carbocycles. The lowest BCUT2D eigenvalue weighted by molar-refractivity contribution is 0.485. The molecule has 0 bridgehead atoms. The maximum atomic E-state index is 10.1. The highest BCUT2D eigenvalue weighted by Gasteiger charge is 2.11. The number of pyridine rings is 1. The zero-order valence-corrected chi connectivity index (χ0v) is 9.24. The van der Waals surface area contributed by atoms with Gasteiger partial charge >= 0.3 is 0 Å². The Bertz CT molecular complexity index is 631. The van der Waals surface area contributed by atoms with Gasteiger partial charge in [0.1, 0.15) is 5.75 Å². The van der Waals surface area contributed by atoms with Gasteiger partial charge < -0.3 is 5.11 Å². The lowest BCUT2D eigenvalue weighted by Gasteiger charge is -1.96. The van der Waals surface area contributed by atoms with Gasteiger partial charge in [-0.05, 0) is 29.8 Å². The van der Waals surface area contributed by atoms with Crippen molar-refractivity contribution in [1.29, 1.82) is 0 Å². The van der Waals surface area contributed by atoms with Crippen LogP contribution in [0, 0.1) is 0 Å². The summed E-state index contributed by atoms with van der Waals surface area (Å²) in [6, 6.07) is 11.7. The first-order valence-corrected chi connectivity index (χ1v) is 5.79. The summed E-state index contributed by atoms with van der Waals surface area (Å²) in [4.78, 5) is 4.88. The normalized spacial score (nSPS) is 10.8. The highest BCUT2D eigenvalue weighted by atomic mass is 32.1. The van der Waals surface area contributed by atoms with E-state index in [1.165, 1.54) is 0 Å². The quantitative estimate of drug-likeness (QED) is 0.688. The molecule has 0 atom stereocenters. The van der Waals surface area contributed by atoms with Crippen molar-refractivity contribution in [1.82, 2.24) is 4.98 Å². The predicted molar refractivity (Wildman–Crippen MR) is 66.7 cm³/mol. The Labute approximate surface area is 96.8 Å². The number of benzene rings is 1. The van der Waals surface area contributed by atoms with Crippen LogP contribution in [0.2, 0.25) is 0 Å². The lowest BCUT2D eigenvalue weighted by Crippen LogP contribution is -1.73. The summed E-state index contributed by atoms with van der Waals surface area (Å²) in [7, 11) is 0. The van der Waals surface area contributed by atoms with E-state index in [9.17, 15) is 5.11 Å². The second-order valence-corrected chi connectivity index (χ2v) is 4.56. The Morgan fingerprint density at radius 3 is 2.50 bits per heavy atom. The molecule has 3 heteroatoms. The van der Waals surface area contributed by atoms with Crippen molar-refractivity contribution in [2.24, 2.45) is 0 Å². The largest absolute Gasteiger partial charge is 0.506 e. The fourth-order valence-corrected chi connectivity index (χ4v) is 2.83. The summed E-state index contributed by atoms with van der Waals surface area (Å²) in [5.41, 5.74) is 1.01. The van der Waals surface area contributed by atoms with Gasteiger partial charge in [0, 0.05) is 22.5 Å². The summed E-state index contributed by atoms with van der Waals surface area (Å²) < 4.78 is 1.10. The molecule has 0 amide bonds. The first-order chi connectivity index (χ1) is 7.86. The number of nitrogens with zero attached hydrogens (tertiary/aromatic N) is 1. The molecule has 0 saturated heterocycles. The zero-order chi connectivity index (χ0) is 11.0. The molecule has 3 rings (SSSR count). The van der Waals surface area contributed by atoms with Crippen molar-refractivity contribution in [3.8, 4) is 16.2 Å². The fourth-order valence-electron chi connectivity index (χ4n) is 1.73. The third-order valence-electron chi connectivity index (χ3n) is 2.51. The molecule has 0 aliphatic carbocycles. The maximum absolute atomic E-state index is 10.1. The van der Waals surface area contributed by atoms with Crippen molar-refractivity contribution < 1.29 is 5.11 Å². The molecule has 3 aromatic rings. The number of aromatic nitrogens is 1. The molecule has 2 nitrogen and oxygen atoms in total. The van der Waals surface area contributed by atoms with Crippen LogP contribution in [0.3, 0.4) is 0 Å². The van der Waals surface area contributed by atoms with Crippen LogP contribution in [0.5, 0.6) is 5.75 Å². The molecule has 2 aromatic heterocycles. The highest BCUT2D eigenvalue weighted by molar-refractivity contribution is 7.22. The van der Waals surface area contributed by atoms with E-state index < -0.39 is 0 Å². The van der Waals surface area contributed by atoms with E-state index in [-0.39, 0.29) is 0 Å². The van der Waals surface area contributed by atoms with Gasteiger partial charge in [-0.25, -0.2) is 0 Å². The topological polar surface area (TPSA) is 33.1 Å². The molecule has 78 valence electrons. The second kappa shape index (κ2) is 3.61. The molecule has 0 fully saturated rings. The molecule has 1 N–H and O–H groups in total. The number of aromatic hydroxyl groups is 1. The summed E-state index contributed by atoms with van der Waals surface area (Å²) in [5.74, 6) is 0.367. The SMILES string of the molecule is Oc1c(-c2ccncc2)sc2ccccc12. The predicted octanol–water partition coefficient (Wildman–Crippen LogP) is 3.67. The van der Waals surface area contributed by atoms with Crippen LogP contribution in [0.15, 0.2) is 48.8 Å². The van der Waals surface area contributed by atoms with E-state index in [2.05, 4.69) is 4.98 Å². The van der Waals surface area contributed by atoms with Crippen LogP contribution < -0.4 is 0 Å². The average Bonchev–Trinajstić information content (AvgIpc) is 2.69. The standard InChI is InChI=1S/C13H9NOS/c15-12-10-3-1-2-4-11(10)16-13(12)9-5-7-14-8-6-9/h1-8,15H. The Morgan fingerprint density at radius 2 is 1.75 bits per heavy atom. The summed E-state index contributed by atoms with van der Waals surface area (Å²) in [5, 5.41) is 11.0. The van der Waals surface area contributed by atoms with Crippen LogP contribution in [-0.2, 0) is 0 Å². The van der Waals surface area contributed by atoms with E-state index in [0.29, 0.717) is 5.75 Å². The third kappa shape index (κ3) is 1.37.